The van der Waals surface area contributed by atoms with E-state index in [9.17, 15) is 8.42 Å². The second kappa shape index (κ2) is 2.30. The average Bonchev–Trinajstić information content (AvgIpc) is 1.30. The standard InChI is InChI=1S/CHO4S.Cu/c2-1-5-6(3)4;/h1H;. The van der Waals surface area contributed by atoms with E-state index < -0.39 is 8.54 Å². The molecule has 0 heterocycles. The summed E-state index contributed by atoms with van der Waals surface area (Å²) in [6, 6.07) is 0. The van der Waals surface area contributed by atoms with E-state index in [1.165, 1.54) is 0 Å². The van der Waals surface area contributed by atoms with Crippen molar-refractivity contribution >= 4 is 15.0 Å². The molecule has 0 atom stereocenters. The van der Waals surface area contributed by atoms with Gasteiger partial charge in [0.05, 0.1) is 0 Å². The van der Waals surface area contributed by atoms with Crippen molar-refractivity contribution < 1.29 is 32.3 Å². The van der Waals surface area contributed by atoms with E-state index >= 15 is 0 Å². The number of hydrogen-bond donors (Lipinski definition) is 0. The van der Waals surface area contributed by atoms with Crippen molar-refractivity contribution in [3.8, 4) is 0 Å². The van der Waals surface area contributed by atoms with Crippen LogP contribution in [0, 0.1) is 0 Å². The first-order valence-corrected chi connectivity index (χ1v) is 3.49. The summed E-state index contributed by atoms with van der Waals surface area (Å²) in [5.41, 5.74) is 0. The topological polar surface area (TPSA) is 60.4 Å². The zero-order chi connectivity index (χ0) is 5.91. The Hall–Kier alpha value is -0.0605. The third-order valence-corrected chi connectivity index (χ3v) is 0.712. The summed E-state index contributed by atoms with van der Waals surface area (Å²) < 4.78 is 22.5. The first kappa shape index (κ1) is 6.94. The fourth-order valence-electron chi connectivity index (χ4n) is 0.0439. The molecule has 7 heavy (non-hydrogen) atoms. The molecule has 0 aliphatic rings. The van der Waals surface area contributed by atoms with Gasteiger partial charge in [-0.2, -0.15) is 0 Å². The van der Waals surface area contributed by atoms with Crippen LogP contribution in [0.2, 0.25) is 0 Å². The van der Waals surface area contributed by atoms with Gasteiger partial charge in [-0.1, -0.05) is 0 Å². The van der Waals surface area contributed by atoms with Gasteiger partial charge in [-0.25, -0.2) is 0 Å². The molecule has 0 spiro atoms. The van der Waals surface area contributed by atoms with Gasteiger partial charge in [-0.3, -0.25) is 0 Å². The molecule has 0 unspecified atom stereocenters. The van der Waals surface area contributed by atoms with Crippen molar-refractivity contribution in [1.82, 2.24) is 0 Å². The zero-order valence-electron chi connectivity index (χ0n) is 2.92. The number of rotatable bonds is 2. The number of carbonyl (C=O) groups is 1. The van der Waals surface area contributed by atoms with E-state index in [-0.39, 0.29) is 6.47 Å². The molecule has 0 rings (SSSR count). The Bertz CT molecular complexity index is 145. The summed E-state index contributed by atoms with van der Waals surface area (Å²) >= 11 is 3.74. The Labute approximate surface area is 47.9 Å². The van der Waals surface area contributed by atoms with Crippen molar-refractivity contribution in [1.29, 1.82) is 0 Å². The normalized spacial score (nSPS) is 10.6. The van der Waals surface area contributed by atoms with E-state index in [0.717, 1.165) is 0 Å². The van der Waals surface area contributed by atoms with Gasteiger partial charge in [0, 0.05) is 0 Å². The van der Waals surface area contributed by atoms with E-state index in [1.807, 2.05) is 0 Å². The molecule has 0 bridgehead atoms. The molecule has 0 saturated heterocycles. The van der Waals surface area contributed by atoms with Gasteiger partial charge in [0.2, 0.25) is 0 Å². The second-order valence-electron chi connectivity index (χ2n) is 0.547. The van der Waals surface area contributed by atoms with Gasteiger partial charge >= 0.3 is 47.3 Å². The molecule has 0 N–H and O–H groups in total. The summed E-state index contributed by atoms with van der Waals surface area (Å²) in [4.78, 5) is 9.15. The minimum absolute atomic E-state index is 0.239. The van der Waals surface area contributed by atoms with Crippen LogP contribution in [0.25, 0.3) is 0 Å². The van der Waals surface area contributed by atoms with Crippen LogP contribution in [0.5, 0.6) is 0 Å². The van der Waals surface area contributed by atoms with Crippen LogP contribution in [0.3, 0.4) is 0 Å². The zero-order valence-corrected chi connectivity index (χ0v) is 4.68. The average molecular weight is 173 g/mol. The molecule has 6 heteroatoms. The molecular formula is CHCuO4S. The summed E-state index contributed by atoms with van der Waals surface area (Å²) in [6.45, 7) is -0.239. The molecule has 0 aromatic rings. The molecule has 0 fully saturated rings. The van der Waals surface area contributed by atoms with Gasteiger partial charge < -0.3 is 0 Å². The van der Waals surface area contributed by atoms with Crippen LogP contribution in [0.15, 0.2) is 0 Å². The van der Waals surface area contributed by atoms with Gasteiger partial charge in [0.1, 0.15) is 0 Å². The van der Waals surface area contributed by atoms with Gasteiger partial charge in [-0.05, 0) is 0 Å². The number of carbonyl (C=O) groups excluding carboxylic acids is 1. The molecule has 0 aromatic carbocycles. The van der Waals surface area contributed by atoms with Crippen molar-refractivity contribution in [2.45, 2.75) is 0 Å². The van der Waals surface area contributed by atoms with Crippen molar-refractivity contribution in [3.05, 3.63) is 0 Å². The fourth-order valence-corrected chi connectivity index (χ4v) is 0.243. The Kier molecular flexibility index (Phi) is 2.28. The Morgan fingerprint density at radius 1 is 1.57 bits per heavy atom. The van der Waals surface area contributed by atoms with E-state index in [0.29, 0.717) is 0 Å². The minimum atomic E-state index is -3.98. The third kappa shape index (κ3) is 5.94. The molecule has 0 aromatic heterocycles. The van der Waals surface area contributed by atoms with E-state index in [1.54, 1.807) is 0 Å². The Morgan fingerprint density at radius 2 is 2.00 bits per heavy atom. The second-order valence-corrected chi connectivity index (χ2v) is 2.86. The van der Waals surface area contributed by atoms with Crippen LogP contribution in [-0.4, -0.2) is 14.9 Å². The van der Waals surface area contributed by atoms with Crippen LogP contribution < -0.4 is 0 Å². The van der Waals surface area contributed by atoms with Gasteiger partial charge in [-0.15, -0.1) is 0 Å². The van der Waals surface area contributed by atoms with E-state index in [2.05, 4.69) is 19.1 Å². The monoisotopic (exact) mass is 172 g/mol. The quantitative estimate of drug-likeness (QED) is 0.394. The van der Waals surface area contributed by atoms with E-state index in [4.69, 9.17) is 4.79 Å². The van der Waals surface area contributed by atoms with Crippen LogP contribution in [0.1, 0.15) is 0 Å². The van der Waals surface area contributed by atoms with Crippen molar-refractivity contribution in [3.63, 3.8) is 0 Å². The third-order valence-electron chi connectivity index (χ3n) is 0.147. The molecule has 0 radical (unpaired) electrons. The predicted octanol–water partition coefficient (Wildman–Crippen LogP) is -1.05. The first-order valence-electron chi connectivity index (χ1n) is 1.09. The van der Waals surface area contributed by atoms with Gasteiger partial charge in [0.15, 0.2) is 0 Å². The van der Waals surface area contributed by atoms with Crippen LogP contribution in [-0.2, 0) is 32.4 Å². The Morgan fingerprint density at radius 3 is 2.00 bits per heavy atom. The summed E-state index contributed by atoms with van der Waals surface area (Å²) in [7, 11) is -3.98. The summed E-state index contributed by atoms with van der Waals surface area (Å²) in [5.74, 6) is 0. The molecule has 0 amide bonds. The molecule has 0 aliphatic carbocycles. The first-order chi connectivity index (χ1) is 3.06. The fraction of sp³-hybridized carbons (Fsp3) is 0. The molecule has 4 nitrogen and oxygen atoms in total. The van der Waals surface area contributed by atoms with Gasteiger partial charge in [0.25, 0.3) is 0 Å². The predicted molar refractivity (Wildman–Crippen MR) is 16.1 cm³/mol. The molecular weight excluding hydrogens is 172 g/mol. The maximum atomic E-state index is 9.58. The molecule has 0 aliphatic heterocycles. The van der Waals surface area contributed by atoms with Crippen LogP contribution in [0.4, 0.5) is 0 Å². The molecule has 0 saturated carbocycles. The SMILES string of the molecule is O=CO[S](=O)(=O)[Cu]. The number of hydrogen-bond acceptors (Lipinski definition) is 4. The maximum absolute atomic E-state index is 9.58. The van der Waals surface area contributed by atoms with Crippen molar-refractivity contribution in [2.24, 2.45) is 0 Å². The molecule has 46 valence electrons. The summed E-state index contributed by atoms with van der Waals surface area (Å²) in [5, 5.41) is 0. The summed E-state index contributed by atoms with van der Waals surface area (Å²) in [6.07, 6.45) is 0. The van der Waals surface area contributed by atoms with Crippen LogP contribution >= 0.6 is 0 Å². The Balaban J connectivity index is 3.84. The van der Waals surface area contributed by atoms with Crippen molar-refractivity contribution in [2.75, 3.05) is 0 Å².